The highest BCUT2D eigenvalue weighted by Gasteiger charge is 2.71. The van der Waals surface area contributed by atoms with Gasteiger partial charge in [-0.3, -0.25) is 33.1 Å². The lowest BCUT2D eigenvalue weighted by atomic mass is 9.32. The van der Waals surface area contributed by atoms with E-state index in [0.29, 0.717) is 51.0 Å². The zero-order valence-corrected chi connectivity index (χ0v) is 54.2. The van der Waals surface area contributed by atoms with Crippen molar-refractivity contribution in [3.05, 3.63) is 12.2 Å². The molecule has 0 spiro atoms. The van der Waals surface area contributed by atoms with Gasteiger partial charge in [-0.25, -0.2) is 9.13 Å². The molecule has 6 rings (SSSR count). The minimum atomic E-state index is -4.76. The maximum Gasteiger partial charge on any atom is 0.469 e. The van der Waals surface area contributed by atoms with Gasteiger partial charge in [0.1, 0.15) is 11.8 Å². The number of likely N-dealkylation sites (N-methyl/N-ethyl adjacent to an activating group) is 2. The second-order valence-corrected chi connectivity index (χ2v) is 30.9. The molecule has 1 aliphatic heterocycles. The van der Waals surface area contributed by atoms with E-state index in [0.717, 1.165) is 69.8 Å². The van der Waals surface area contributed by atoms with E-state index in [-0.39, 0.29) is 94.3 Å². The monoisotopic (exact) mass is 1180 g/mol. The van der Waals surface area contributed by atoms with Crippen molar-refractivity contribution in [3.8, 4) is 0 Å². The fourth-order valence-electron chi connectivity index (χ4n) is 18.9. The Morgan fingerprint density at radius 3 is 2.01 bits per heavy atom. The molecule has 0 aromatic heterocycles. The number of ether oxygens (including phenoxy) is 2. The van der Waals surface area contributed by atoms with E-state index in [2.05, 4.69) is 39.9 Å². The van der Waals surface area contributed by atoms with Crippen LogP contribution in [0.15, 0.2) is 12.2 Å². The summed E-state index contributed by atoms with van der Waals surface area (Å²) in [7, 11) is -0.868. The summed E-state index contributed by atoms with van der Waals surface area (Å²) in [5.74, 6) is -0.206. The molecule has 17 atom stereocenters. The van der Waals surface area contributed by atoms with E-state index in [1.54, 1.807) is 26.2 Å². The van der Waals surface area contributed by atoms with Gasteiger partial charge in [0.15, 0.2) is 0 Å². The molecule has 0 radical (unpaired) electrons. The quantitative estimate of drug-likeness (QED) is 0.0400. The van der Waals surface area contributed by atoms with Crippen molar-refractivity contribution >= 4 is 39.2 Å². The van der Waals surface area contributed by atoms with Crippen LogP contribution in [0, 0.1) is 74.4 Å². The Balaban J connectivity index is 1.12. The first-order chi connectivity index (χ1) is 37.5. The Hall–Kier alpha value is -2.08. The smallest absolute Gasteiger partial charge is 0.379 e. The van der Waals surface area contributed by atoms with Crippen molar-refractivity contribution in [2.45, 2.75) is 228 Å². The van der Waals surface area contributed by atoms with Crippen molar-refractivity contribution in [1.82, 2.24) is 20.0 Å². The summed E-state index contributed by atoms with van der Waals surface area (Å²) in [5.41, 5.74) is -0.0167. The maximum absolute atomic E-state index is 14.4. The average molecular weight is 1180 g/mol. The summed E-state index contributed by atoms with van der Waals surface area (Å²) >= 11 is 0. The molecular formula is C61H108N4O14P2. The van der Waals surface area contributed by atoms with Gasteiger partial charge in [0.2, 0.25) is 17.7 Å². The first-order valence-electron chi connectivity index (χ1n) is 30.7. The zero-order valence-electron chi connectivity index (χ0n) is 52.4. The van der Waals surface area contributed by atoms with Gasteiger partial charge in [0, 0.05) is 40.2 Å². The molecule has 6 fully saturated rings. The Morgan fingerprint density at radius 1 is 0.778 bits per heavy atom. The van der Waals surface area contributed by atoms with Crippen molar-refractivity contribution in [2.24, 2.45) is 74.4 Å². The number of rotatable bonds is 26. The number of methoxy groups -OCH3 is 2. The highest BCUT2D eigenvalue weighted by molar-refractivity contribution is 7.46. The Kier molecular flexibility index (Phi) is 21.9. The molecule has 0 bridgehead atoms. The van der Waals surface area contributed by atoms with Crippen LogP contribution in [0.4, 0.5) is 0 Å². The van der Waals surface area contributed by atoms with Crippen LogP contribution in [0.2, 0.25) is 0 Å². The van der Waals surface area contributed by atoms with Crippen LogP contribution in [0.3, 0.4) is 0 Å². The number of amides is 3. The third-order valence-electron chi connectivity index (χ3n) is 23.1. The summed E-state index contributed by atoms with van der Waals surface area (Å²) in [4.78, 5) is 102. The summed E-state index contributed by atoms with van der Waals surface area (Å²) in [6.07, 6.45) is 10.3. The largest absolute Gasteiger partial charge is 0.469 e. The first kappa shape index (κ1) is 68.0. The number of hydrogen-bond donors (Lipinski definition) is 5. The number of phosphoric ester groups is 2. The molecule has 5 saturated carbocycles. The van der Waals surface area contributed by atoms with Crippen LogP contribution in [0.1, 0.15) is 185 Å². The van der Waals surface area contributed by atoms with Crippen molar-refractivity contribution in [3.63, 3.8) is 0 Å². The molecule has 5 aliphatic carbocycles. The Labute approximate surface area is 486 Å². The summed E-state index contributed by atoms with van der Waals surface area (Å²) < 4.78 is 47.7. The second kappa shape index (κ2) is 26.1. The summed E-state index contributed by atoms with van der Waals surface area (Å²) in [6, 6.07) is -1.98. The molecule has 20 heteroatoms. The molecule has 0 aromatic rings. The molecule has 5 N–H and O–H groups in total. The molecule has 1 heterocycles. The van der Waals surface area contributed by atoms with Crippen molar-refractivity contribution in [1.29, 1.82) is 0 Å². The number of phosphoric acid groups is 2. The molecule has 0 aromatic carbocycles. The molecule has 81 heavy (non-hydrogen) atoms. The van der Waals surface area contributed by atoms with Crippen LogP contribution in [-0.4, -0.2) is 149 Å². The molecule has 6 aliphatic rings. The predicted molar refractivity (Wildman–Crippen MR) is 313 cm³/mol. The lowest BCUT2D eigenvalue weighted by Gasteiger charge is -2.73. The number of carbonyl (C=O) groups is 4. The second-order valence-electron chi connectivity index (χ2n) is 28.5. The lowest BCUT2D eigenvalue weighted by molar-refractivity contribution is -0.248. The third kappa shape index (κ3) is 13.7. The molecule has 3 amide bonds. The number of ketones is 1. The number of carbonyl (C=O) groups excluding carboxylic acids is 4. The van der Waals surface area contributed by atoms with Crippen molar-refractivity contribution < 1.29 is 66.4 Å². The van der Waals surface area contributed by atoms with E-state index in [9.17, 15) is 47.9 Å². The van der Waals surface area contributed by atoms with Gasteiger partial charge < -0.3 is 44.2 Å². The maximum atomic E-state index is 14.4. The number of Topliss-reactive ketones (excluding diaryl/α,β-unsaturated/α-hetero) is 1. The van der Waals surface area contributed by atoms with E-state index in [4.69, 9.17) is 25.1 Å². The summed E-state index contributed by atoms with van der Waals surface area (Å²) in [6.45, 7) is 28.5. The van der Waals surface area contributed by atoms with Gasteiger partial charge in [-0.2, -0.15) is 0 Å². The number of nitrogens with zero attached hydrogens (tertiary/aromatic N) is 3. The highest BCUT2D eigenvalue weighted by Crippen LogP contribution is 2.78. The normalized spacial score (nSPS) is 34.3. The average Bonchev–Trinajstić information content (AvgIpc) is 4.01. The molecule has 466 valence electrons. The SMILES string of the molecule is C=C(CCCC(=O)[C@H](C)[C@@H](OC)C1CCCN1C(=O)C[C@@H](OC)[C@H](CC)N(C)C(=O)[C@@H](NC(=O)[C@H](C(C)C)N(C)C)C(C)C)[C@@H]1CC[C@]2(COP(=O)(O)O)CC[C@]3(C)C(CCC4[C@@]5(C)CC[C@H](OP(=O)(O)O)C(C)(C)[C@@H]5CC[C@]43C)[C@@H]12. The minimum Gasteiger partial charge on any atom is -0.379 e. The van der Waals surface area contributed by atoms with Gasteiger partial charge in [0.25, 0.3) is 0 Å². The van der Waals surface area contributed by atoms with Gasteiger partial charge >= 0.3 is 15.6 Å². The van der Waals surface area contributed by atoms with Gasteiger partial charge in [-0.1, -0.05) is 88.3 Å². The van der Waals surface area contributed by atoms with Crippen LogP contribution in [0.25, 0.3) is 0 Å². The van der Waals surface area contributed by atoms with Crippen LogP contribution in [0.5, 0.6) is 0 Å². The molecule has 1 saturated heterocycles. The third-order valence-corrected chi connectivity index (χ3v) is 24.1. The van der Waals surface area contributed by atoms with Gasteiger partial charge in [-0.15, -0.1) is 0 Å². The number of hydrogen-bond acceptors (Lipinski definition) is 11. The number of nitrogens with one attached hydrogen (secondary N) is 1. The van der Waals surface area contributed by atoms with E-state index >= 15 is 0 Å². The predicted octanol–water partition coefficient (Wildman–Crippen LogP) is 9.96. The van der Waals surface area contributed by atoms with E-state index in [1.165, 1.54) is 0 Å². The zero-order chi connectivity index (χ0) is 60.7. The van der Waals surface area contributed by atoms with Gasteiger partial charge in [-0.05, 0) is 179 Å². The Morgan fingerprint density at radius 2 is 1.44 bits per heavy atom. The van der Waals surface area contributed by atoms with E-state index in [1.807, 2.05) is 65.4 Å². The van der Waals surface area contributed by atoms with Crippen LogP contribution < -0.4 is 5.32 Å². The van der Waals surface area contributed by atoms with Crippen LogP contribution >= 0.6 is 15.6 Å². The lowest BCUT2D eigenvalue weighted by Crippen LogP contribution is -2.67. The van der Waals surface area contributed by atoms with E-state index < -0.39 is 68.8 Å². The topological polar surface area (TPSA) is 242 Å². The first-order valence-corrected chi connectivity index (χ1v) is 33.8. The fourth-order valence-corrected chi connectivity index (χ4v) is 20.1. The standard InChI is InChI=1S/C61H108N4O14P2/c1-18-43(64(15)56(69)52(37(2)3)62-55(68)53(38(4)5)63(13)14)46(76-16)35-50(67)65-34-20-22-44(65)54(77-17)40(7)45(66)23-19-21-39(6)41-26-31-61(36-78-80(70,71)72)33-32-59(11)42(51(41)61)24-25-48-58(10)29-28-49(79-81(73,74)75)57(8,9)47(58)27-30-60(48,59)12/h37-38,40-44,46-49,51-54H,6,18-36H2,1-5,7-17H3,(H,62,68)(H2,70,71,72)(H2,73,74,75)/t40-,41-,42?,43-,44?,46+,47-,48?,49-,51+,52-,53-,54+,58-,59+,60+,61+/m0/s1. The highest BCUT2D eigenvalue weighted by atomic mass is 31.2. The number of likely N-dealkylation sites (tertiary alicyclic amines) is 1. The molecular weight excluding hydrogens is 1070 g/mol. The van der Waals surface area contributed by atoms with Crippen molar-refractivity contribution in [2.75, 3.05) is 48.5 Å². The molecule has 3 unspecified atom stereocenters. The fraction of sp³-hybridized carbons (Fsp3) is 0.902. The number of fused-ring (bicyclic) bond motifs is 7. The van der Waals surface area contributed by atoms with Crippen LogP contribution in [-0.2, 0) is 46.8 Å². The minimum absolute atomic E-state index is 0.0133. The molecule has 18 nitrogen and oxygen atoms in total. The van der Waals surface area contributed by atoms with Gasteiger partial charge in [0.05, 0.1) is 49.5 Å². The number of allylic oxidation sites excluding steroid dienone is 1. The Bertz CT molecular complexity index is 2330. The summed E-state index contributed by atoms with van der Waals surface area (Å²) in [5, 5.41) is 3.03.